The summed E-state index contributed by atoms with van der Waals surface area (Å²) >= 11 is 0. The highest BCUT2D eigenvalue weighted by atomic mass is 32.2. The molecule has 1 amide bonds. The number of amides is 1. The molecule has 0 bridgehead atoms. The number of carbonyl (C=O) groups is 2. The van der Waals surface area contributed by atoms with Gasteiger partial charge in [-0.05, 0) is 43.2 Å². The normalized spacial score (nSPS) is 14.7. The van der Waals surface area contributed by atoms with Gasteiger partial charge in [0.15, 0.2) is 6.61 Å². The molecular formula is C21H20N2O6S. The van der Waals surface area contributed by atoms with Crippen LogP contribution >= 0.6 is 0 Å². The second kappa shape index (κ2) is 8.29. The third-order valence-corrected chi connectivity index (χ3v) is 6.68. The largest absolute Gasteiger partial charge is 0.450 e. The number of fused-ring (bicyclic) bond motifs is 1. The van der Waals surface area contributed by atoms with Gasteiger partial charge in [0.1, 0.15) is 5.58 Å². The Hall–Kier alpha value is -3.17. The van der Waals surface area contributed by atoms with Gasteiger partial charge in [0.2, 0.25) is 15.8 Å². The smallest absolute Gasteiger partial charge is 0.374 e. The molecule has 2 aromatic carbocycles. The third-order valence-electron chi connectivity index (χ3n) is 4.78. The lowest BCUT2D eigenvalue weighted by molar-refractivity contribution is -0.119. The summed E-state index contributed by atoms with van der Waals surface area (Å²) in [6.07, 6.45) is 1.68. The van der Waals surface area contributed by atoms with Crippen LogP contribution in [0.5, 0.6) is 0 Å². The minimum absolute atomic E-state index is 0.00250. The molecule has 0 aliphatic carbocycles. The van der Waals surface area contributed by atoms with Crippen LogP contribution in [0.25, 0.3) is 11.0 Å². The first-order chi connectivity index (χ1) is 14.4. The minimum atomic E-state index is -3.59. The molecule has 156 valence electrons. The van der Waals surface area contributed by atoms with E-state index in [9.17, 15) is 18.0 Å². The predicted molar refractivity (Wildman–Crippen MR) is 110 cm³/mol. The van der Waals surface area contributed by atoms with E-state index < -0.39 is 28.5 Å². The van der Waals surface area contributed by atoms with Crippen LogP contribution in [-0.4, -0.2) is 44.3 Å². The van der Waals surface area contributed by atoms with Crippen LogP contribution in [-0.2, 0) is 19.6 Å². The van der Waals surface area contributed by atoms with Crippen LogP contribution < -0.4 is 5.32 Å². The van der Waals surface area contributed by atoms with Gasteiger partial charge in [-0.3, -0.25) is 4.79 Å². The van der Waals surface area contributed by atoms with Crippen molar-refractivity contribution in [1.82, 2.24) is 4.31 Å². The van der Waals surface area contributed by atoms with Crippen molar-refractivity contribution in [1.29, 1.82) is 0 Å². The second-order valence-electron chi connectivity index (χ2n) is 6.91. The van der Waals surface area contributed by atoms with Crippen molar-refractivity contribution in [3.05, 3.63) is 60.4 Å². The summed E-state index contributed by atoms with van der Waals surface area (Å²) in [6.45, 7) is 0.465. The summed E-state index contributed by atoms with van der Waals surface area (Å²) in [7, 11) is -3.59. The Morgan fingerprint density at radius 2 is 1.80 bits per heavy atom. The highest BCUT2D eigenvalue weighted by Crippen LogP contribution is 2.23. The van der Waals surface area contributed by atoms with Crippen LogP contribution in [0.15, 0.2) is 63.9 Å². The van der Waals surface area contributed by atoms with Crippen molar-refractivity contribution in [3.63, 3.8) is 0 Å². The maximum absolute atomic E-state index is 12.7. The van der Waals surface area contributed by atoms with Gasteiger partial charge in [-0.25, -0.2) is 13.2 Å². The Morgan fingerprint density at radius 1 is 1.03 bits per heavy atom. The molecule has 1 fully saturated rings. The Bertz CT molecular complexity index is 1160. The molecule has 0 saturated carbocycles. The quantitative estimate of drug-likeness (QED) is 0.605. The van der Waals surface area contributed by atoms with Crippen LogP contribution in [0.1, 0.15) is 23.4 Å². The molecule has 0 unspecified atom stereocenters. The summed E-state index contributed by atoms with van der Waals surface area (Å²) in [5.74, 6) is -1.34. The molecule has 1 aromatic heterocycles. The van der Waals surface area contributed by atoms with Crippen molar-refractivity contribution >= 4 is 38.6 Å². The molecule has 1 saturated heterocycles. The van der Waals surface area contributed by atoms with Gasteiger partial charge in [0.25, 0.3) is 5.91 Å². The zero-order chi connectivity index (χ0) is 21.1. The Labute approximate surface area is 173 Å². The average Bonchev–Trinajstić information content (AvgIpc) is 3.42. The summed E-state index contributed by atoms with van der Waals surface area (Å²) in [4.78, 5) is 24.4. The van der Waals surface area contributed by atoms with Crippen LogP contribution in [0.4, 0.5) is 5.69 Å². The number of furan rings is 1. The van der Waals surface area contributed by atoms with Gasteiger partial charge >= 0.3 is 5.97 Å². The molecule has 0 radical (unpaired) electrons. The molecule has 30 heavy (non-hydrogen) atoms. The maximum atomic E-state index is 12.7. The molecule has 4 rings (SSSR count). The van der Waals surface area contributed by atoms with E-state index in [2.05, 4.69) is 5.32 Å². The third kappa shape index (κ3) is 4.22. The molecule has 1 aliphatic heterocycles. The Morgan fingerprint density at radius 3 is 2.57 bits per heavy atom. The first-order valence-corrected chi connectivity index (χ1v) is 10.9. The van der Waals surface area contributed by atoms with E-state index in [0.717, 1.165) is 18.2 Å². The number of hydrogen-bond donors (Lipinski definition) is 1. The van der Waals surface area contributed by atoms with E-state index in [1.807, 2.05) is 6.07 Å². The lowest BCUT2D eigenvalue weighted by Crippen LogP contribution is -2.28. The van der Waals surface area contributed by atoms with Crippen LogP contribution in [0, 0.1) is 0 Å². The van der Waals surface area contributed by atoms with E-state index in [4.69, 9.17) is 9.15 Å². The number of rotatable bonds is 6. The van der Waals surface area contributed by atoms with E-state index >= 15 is 0 Å². The van der Waals surface area contributed by atoms with Crippen molar-refractivity contribution < 1.29 is 27.2 Å². The average molecular weight is 428 g/mol. The van der Waals surface area contributed by atoms with Crippen LogP contribution in [0.2, 0.25) is 0 Å². The van der Waals surface area contributed by atoms with Gasteiger partial charge in [-0.2, -0.15) is 4.31 Å². The molecule has 3 aromatic rings. The van der Waals surface area contributed by atoms with Crippen molar-refractivity contribution in [3.8, 4) is 0 Å². The summed E-state index contributed by atoms with van der Waals surface area (Å²) in [6, 6.07) is 14.7. The van der Waals surface area contributed by atoms with E-state index in [-0.39, 0.29) is 10.7 Å². The number of sulfonamides is 1. The monoisotopic (exact) mass is 428 g/mol. The topological polar surface area (TPSA) is 106 Å². The second-order valence-corrected chi connectivity index (χ2v) is 8.85. The molecule has 0 spiro atoms. The maximum Gasteiger partial charge on any atom is 0.374 e. The number of esters is 1. The van der Waals surface area contributed by atoms with E-state index in [0.29, 0.717) is 24.4 Å². The van der Waals surface area contributed by atoms with Gasteiger partial charge in [-0.15, -0.1) is 0 Å². The summed E-state index contributed by atoms with van der Waals surface area (Å²) in [5.41, 5.74) is 0.852. The molecular weight excluding hydrogens is 408 g/mol. The number of nitrogens with zero attached hydrogens (tertiary/aromatic N) is 1. The molecule has 9 heteroatoms. The van der Waals surface area contributed by atoms with Crippen molar-refractivity contribution in [2.45, 2.75) is 17.7 Å². The Kier molecular flexibility index (Phi) is 5.56. The number of hydrogen-bond acceptors (Lipinski definition) is 6. The molecule has 1 N–H and O–H groups in total. The predicted octanol–water partition coefficient (Wildman–Crippen LogP) is 3.01. The van der Waals surface area contributed by atoms with E-state index in [1.165, 1.54) is 16.4 Å². The lowest BCUT2D eigenvalue weighted by Gasteiger charge is -2.16. The number of anilines is 1. The lowest BCUT2D eigenvalue weighted by atomic mass is 10.2. The zero-order valence-corrected chi connectivity index (χ0v) is 16.9. The molecule has 0 atom stereocenters. The number of nitrogens with one attached hydrogen (secondary N) is 1. The van der Waals surface area contributed by atoms with Gasteiger partial charge < -0.3 is 14.5 Å². The summed E-state index contributed by atoms with van der Waals surface area (Å²) < 4.78 is 37.1. The minimum Gasteiger partial charge on any atom is -0.450 e. The molecule has 8 nitrogen and oxygen atoms in total. The van der Waals surface area contributed by atoms with Gasteiger partial charge in [-0.1, -0.05) is 24.3 Å². The number of ether oxygens (including phenoxy) is 1. The SMILES string of the molecule is O=C(COC(=O)c1cc2ccccc2o1)Nc1cccc(S(=O)(=O)N2CCCC2)c1. The van der Waals surface area contributed by atoms with Gasteiger partial charge in [0.05, 0.1) is 4.90 Å². The van der Waals surface area contributed by atoms with Crippen molar-refractivity contribution in [2.24, 2.45) is 0 Å². The highest BCUT2D eigenvalue weighted by Gasteiger charge is 2.27. The molecule has 2 heterocycles. The van der Waals surface area contributed by atoms with Crippen LogP contribution in [0.3, 0.4) is 0 Å². The zero-order valence-electron chi connectivity index (χ0n) is 16.0. The fraction of sp³-hybridized carbons (Fsp3) is 0.238. The molecule has 1 aliphatic rings. The van der Waals surface area contributed by atoms with E-state index in [1.54, 1.807) is 36.4 Å². The van der Waals surface area contributed by atoms with Crippen molar-refractivity contribution in [2.75, 3.05) is 25.0 Å². The summed E-state index contributed by atoms with van der Waals surface area (Å²) in [5, 5.41) is 3.30. The number of benzene rings is 2. The first kappa shape index (κ1) is 20.1. The number of carbonyl (C=O) groups excluding carboxylic acids is 2. The fourth-order valence-electron chi connectivity index (χ4n) is 3.29. The Balaban J connectivity index is 1.37. The number of para-hydroxylation sites is 1. The highest BCUT2D eigenvalue weighted by molar-refractivity contribution is 7.89. The van der Waals surface area contributed by atoms with Gasteiger partial charge in [0, 0.05) is 24.2 Å². The fourth-order valence-corrected chi connectivity index (χ4v) is 4.86. The standard InChI is InChI=1S/C21H20N2O6S/c24-20(14-28-21(25)19-12-15-6-1-2-9-18(15)29-19)22-16-7-5-8-17(13-16)30(26,27)23-10-3-4-11-23/h1-2,5-9,12-13H,3-4,10-11,14H2,(H,22,24). The first-order valence-electron chi connectivity index (χ1n) is 9.49.